The van der Waals surface area contributed by atoms with Gasteiger partial charge in [-0.3, -0.25) is 9.89 Å². The van der Waals surface area contributed by atoms with Gasteiger partial charge in [0.2, 0.25) is 15.9 Å². The molecule has 2 saturated heterocycles. The lowest BCUT2D eigenvalue weighted by atomic mass is 9.77. The predicted octanol–water partition coefficient (Wildman–Crippen LogP) is 1.75. The van der Waals surface area contributed by atoms with Crippen molar-refractivity contribution in [3.05, 3.63) is 12.4 Å². The van der Waals surface area contributed by atoms with Crippen LogP contribution in [0.25, 0.3) is 0 Å². The number of aromatic nitrogens is 2. The first-order valence-corrected chi connectivity index (χ1v) is 10.8. The van der Waals surface area contributed by atoms with Crippen molar-refractivity contribution in [1.29, 1.82) is 0 Å². The lowest BCUT2D eigenvalue weighted by Gasteiger charge is -2.44. The standard InChI is InChI=1S/C17H26N4O3S/c22-16-17(7-4-9-21(16)14-5-2-1-3-6-14)8-10-20(13-17)25(23,24)15-11-18-19-12-15/h11-12,14H,1-10,13H2,(H,18,19). The zero-order chi connectivity index (χ0) is 17.5. The van der Waals surface area contributed by atoms with Crippen LogP contribution >= 0.6 is 0 Å². The summed E-state index contributed by atoms with van der Waals surface area (Å²) >= 11 is 0. The quantitative estimate of drug-likeness (QED) is 0.883. The van der Waals surface area contributed by atoms with E-state index < -0.39 is 15.4 Å². The summed E-state index contributed by atoms with van der Waals surface area (Å²) < 4.78 is 27.0. The van der Waals surface area contributed by atoms with Crippen LogP contribution in [-0.4, -0.2) is 59.4 Å². The van der Waals surface area contributed by atoms with Gasteiger partial charge in [0.15, 0.2) is 0 Å². The first kappa shape index (κ1) is 17.0. The Morgan fingerprint density at radius 2 is 1.92 bits per heavy atom. The van der Waals surface area contributed by atoms with Gasteiger partial charge in [-0.25, -0.2) is 8.42 Å². The van der Waals surface area contributed by atoms with Crippen molar-refractivity contribution in [2.75, 3.05) is 19.6 Å². The topological polar surface area (TPSA) is 86.4 Å². The van der Waals surface area contributed by atoms with Crippen LogP contribution in [0.2, 0.25) is 0 Å². The van der Waals surface area contributed by atoms with E-state index in [9.17, 15) is 13.2 Å². The zero-order valence-electron chi connectivity index (χ0n) is 14.5. The third-order valence-corrected chi connectivity index (χ3v) is 8.02. The van der Waals surface area contributed by atoms with Gasteiger partial charge < -0.3 is 4.90 Å². The third-order valence-electron chi connectivity index (χ3n) is 6.21. The van der Waals surface area contributed by atoms with Gasteiger partial charge in [0.25, 0.3) is 0 Å². The fourth-order valence-electron chi connectivity index (χ4n) is 4.79. The van der Waals surface area contributed by atoms with Crippen molar-refractivity contribution >= 4 is 15.9 Å². The molecule has 25 heavy (non-hydrogen) atoms. The molecular weight excluding hydrogens is 340 g/mol. The highest BCUT2D eigenvalue weighted by Crippen LogP contribution is 2.43. The second-order valence-electron chi connectivity index (χ2n) is 7.70. The Balaban J connectivity index is 1.53. The van der Waals surface area contributed by atoms with Crippen molar-refractivity contribution in [3.8, 4) is 0 Å². The summed E-state index contributed by atoms with van der Waals surface area (Å²) in [5.74, 6) is 0.190. The lowest BCUT2D eigenvalue weighted by Crippen LogP contribution is -2.54. The number of sulfonamides is 1. The van der Waals surface area contributed by atoms with Gasteiger partial charge in [-0.15, -0.1) is 0 Å². The monoisotopic (exact) mass is 366 g/mol. The highest BCUT2D eigenvalue weighted by molar-refractivity contribution is 7.89. The van der Waals surface area contributed by atoms with Crippen LogP contribution < -0.4 is 0 Å². The Kier molecular flexibility index (Phi) is 4.35. The Labute approximate surface area is 148 Å². The molecule has 3 heterocycles. The van der Waals surface area contributed by atoms with Gasteiger partial charge in [0.05, 0.1) is 11.6 Å². The van der Waals surface area contributed by atoms with E-state index in [-0.39, 0.29) is 10.8 Å². The Bertz CT molecular complexity index is 727. The van der Waals surface area contributed by atoms with Gasteiger partial charge in [-0.05, 0) is 32.1 Å². The van der Waals surface area contributed by atoms with Crippen molar-refractivity contribution in [3.63, 3.8) is 0 Å². The van der Waals surface area contributed by atoms with E-state index in [1.807, 2.05) is 0 Å². The molecule has 138 valence electrons. The molecule has 7 nitrogen and oxygen atoms in total. The zero-order valence-corrected chi connectivity index (χ0v) is 15.3. The van der Waals surface area contributed by atoms with Gasteiger partial charge in [0.1, 0.15) is 4.90 Å². The molecule has 1 unspecified atom stereocenters. The summed E-state index contributed by atoms with van der Waals surface area (Å²) in [6, 6.07) is 0.359. The number of likely N-dealkylation sites (tertiary alicyclic amines) is 1. The minimum atomic E-state index is -3.57. The molecular formula is C17H26N4O3S. The molecule has 3 fully saturated rings. The SMILES string of the molecule is O=C1N(C2CCCCC2)CCCC12CCN(S(=O)(=O)c1cn[nH]c1)C2. The van der Waals surface area contributed by atoms with Crippen LogP contribution in [0.1, 0.15) is 51.4 Å². The summed E-state index contributed by atoms with van der Waals surface area (Å²) in [6.07, 6.45) is 11.0. The number of hydrogen-bond acceptors (Lipinski definition) is 4. The number of aromatic amines is 1. The van der Waals surface area contributed by atoms with E-state index in [1.54, 1.807) is 0 Å². The molecule has 8 heteroatoms. The Morgan fingerprint density at radius 1 is 1.12 bits per heavy atom. The van der Waals surface area contributed by atoms with E-state index in [0.29, 0.717) is 25.6 Å². The number of carbonyl (C=O) groups is 1. The van der Waals surface area contributed by atoms with Crippen LogP contribution in [0, 0.1) is 5.41 Å². The smallest absolute Gasteiger partial charge is 0.246 e. The molecule has 1 aromatic rings. The molecule has 1 amide bonds. The number of piperidine rings is 1. The summed E-state index contributed by atoms with van der Waals surface area (Å²) in [5.41, 5.74) is -0.521. The fourth-order valence-corrected chi connectivity index (χ4v) is 6.22. The van der Waals surface area contributed by atoms with E-state index in [1.165, 1.54) is 36.0 Å². The second-order valence-corrected chi connectivity index (χ2v) is 9.63. The van der Waals surface area contributed by atoms with Crippen LogP contribution in [0.5, 0.6) is 0 Å². The lowest BCUT2D eigenvalue weighted by molar-refractivity contribution is -0.149. The molecule has 0 aromatic carbocycles. The number of rotatable bonds is 3. The van der Waals surface area contributed by atoms with Gasteiger partial charge in [-0.2, -0.15) is 9.40 Å². The van der Waals surface area contributed by atoms with Crippen LogP contribution in [0.3, 0.4) is 0 Å². The maximum absolute atomic E-state index is 13.3. The molecule has 0 radical (unpaired) electrons. The maximum atomic E-state index is 13.3. The Hall–Kier alpha value is -1.41. The second kappa shape index (κ2) is 6.39. The normalized spacial score (nSPS) is 29.6. The Morgan fingerprint density at radius 3 is 2.64 bits per heavy atom. The van der Waals surface area contributed by atoms with Gasteiger partial charge in [-0.1, -0.05) is 19.3 Å². The van der Waals surface area contributed by atoms with Crippen molar-refractivity contribution in [2.45, 2.75) is 62.3 Å². The number of nitrogens with one attached hydrogen (secondary N) is 1. The molecule has 2 aliphatic heterocycles. The molecule has 1 aliphatic carbocycles. The fraction of sp³-hybridized carbons (Fsp3) is 0.765. The molecule has 1 atom stereocenters. The number of carbonyl (C=O) groups excluding carboxylic acids is 1. The van der Waals surface area contributed by atoms with Crippen LogP contribution in [0.4, 0.5) is 0 Å². The molecule has 3 aliphatic rings. The summed E-state index contributed by atoms with van der Waals surface area (Å²) in [7, 11) is -3.57. The molecule has 1 saturated carbocycles. The first-order valence-electron chi connectivity index (χ1n) is 9.33. The van der Waals surface area contributed by atoms with E-state index >= 15 is 0 Å². The highest BCUT2D eigenvalue weighted by Gasteiger charge is 2.52. The number of amides is 1. The number of hydrogen-bond donors (Lipinski definition) is 1. The van der Waals surface area contributed by atoms with Crippen molar-refractivity contribution in [1.82, 2.24) is 19.4 Å². The van der Waals surface area contributed by atoms with Crippen LogP contribution in [-0.2, 0) is 14.8 Å². The molecule has 0 bridgehead atoms. The molecule has 1 aromatic heterocycles. The summed E-state index contributed by atoms with van der Waals surface area (Å²) in [4.78, 5) is 15.6. The minimum absolute atomic E-state index is 0.178. The van der Waals surface area contributed by atoms with Crippen molar-refractivity contribution in [2.24, 2.45) is 5.41 Å². The average Bonchev–Trinajstić information content (AvgIpc) is 3.30. The minimum Gasteiger partial charge on any atom is -0.339 e. The average molecular weight is 366 g/mol. The van der Waals surface area contributed by atoms with Gasteiger partial charge >= 0.3 is 0 Å². The number of H-pyrrole nitrogens is 1. The molecule has 1 N–H and O–H groups in total. The molecule has 4 rings (SSSR count). The third kappa shape index (κ3) is 2.89. The largest absolute Gasteiger partial charge is 0.339 e. The summed E-state index contributed by atoms with van der Waals surface area (Å²) in [6.45, 7) is 1.56. The van der Waals surface area contributed by atoms with E-state index in [0.717, 1.165) is 32.2 Å². The van der Waals surface area contributed by atoms with Crippen LogP contribution in [0.15, 0.2) is 17.3 Å². The summed E-state index contributed by atoms with van der Waals surface area (Å²) in [5, 5.41) is 6.30. The van der Waals surface area contributed by atoms with Gasteiger partial charge in [0, 0.05) is 31.9 Å². The maximum Gasteiger partial charge on any atom is 0.246 e. The van der Waals surface area contributed by atoms with Crippen molar-refractivity contribution < 1.29 is 13.2 Å². The molecule has 1 spiro atoms. The van der Waals surface area contributed by atoms with E-state index in [2.05, 4.69) is 15.1 Å². The highest BCUT2D eigenvalue weighted by atomic mass is 32.2. The van der Waals surface area contributed by atoms with E-state index in [4.69, 9.17) is 0 Å². The first-order chi connectivity index (χ1) is 12.0. The predicted molar refractivity (Wildman–Crippen MR) is 92.2 cm³/mol. The number of nitrogens with zero attached hydrogens (tertiary/aromatic N) is 3.